The molecule has 0 atom stereocenters. The molecule has 3 rings (SSSR count). The van der Waals surface area contributed by atoms with Crippen LogP contribution in [0, 0.1) is 6.92 Å². The van der Waals surface area contributed by atoms with Crippen molar-refractivity contribution in [2.75, 3.05) is 32.6 Å². The van der Waals surface area contributed by atoms with Gasteiger partial charge < -0.3 is 15.0 Å². The van der Waals surface area contributed by atoms with Crippen molar-refractivity contribution in [3.63, 3.8) is 0 Å². The fourth-order valence-electron chi connectivity index (χ4n) is 2.34. The van der Waals surface area contributed by atoms with Gasteiger partial charge in [0.05, 0.1) is 10.7 Å². The van der Waals surface area contributed by atoms with E-state index in [9.17, 15) is 4.79 Å². The van der Waals surface area contributed by atoms with Crippen LogP contribution in [0.25, 0.3) is 10.6 Å². The maximum atomic E-state index is 12.6. The average Bonchev–Trinajstić information content (AvgIpc) is 3.26. The second-order valence-electron chi connectivity index (χ2n) is 6.20. The SMILES string of the molecule is Cc1nc(-c2ccsc2)sc1C(=O)Nc1ccc(OCCN(C)C)c(Cl)c1. The highest BCUT2D eigenvalue weighted by atomic mass is 35.5. The molecule has 0 aliphatic rings. The van der Waals surface area contributed by atoms with E-state index in [0.717, 1.165) is 17.1 Å². The maximum absolute atomic E-state index is 12.6. The molecule has 0 saturated carbocycles. The topological polar surface area (TPSA) is 54.5 Å². The lowest BCUT2D eigenvalue weighted by atomic mass is 10.3. The summed E-state index contributed by atoms with van der Waals surface area (Å²) in [5, 5.41) is 8.22. The van der Waals surface area contributed by atoms with E-state index in [0.29, 0.717) is 33.6 Å². The quantitative estimate of drug-likeness (QED) is 0.581. The third-order valence-electron chi connectivity index (χ3n) is 3.76. The van der Waals surface area contributed by atoms with Gasteiger partial charge in [-0.25, -0.2) is 4.98 Å². The fraction of sp³-hybridized carbons (Fsp3) is 0.263. The molecule has 2 heterocycles. The van der Waals surface area contributed by atoms with E-state index in [1.807, 2.05) is 42.7 Å². The molecule has 0 unspecified atom stereocenters. The summed E-state index contributed by atoms with van der Waals surface area (Å²) < 4.78 is 5.66. The van der Waals surface area contributed by atoms with Crippen molar-refractivity contribution in [1.82, 2.24) is 9.88 Å². The number of aromatic nitrogens is 1. The van der Waals surface area contributed by atoms with Crippen molar-refractivity contribution < 1.29 is 9.53 Å². The summed E-state index contributed by atoms with van der Waals surface area (Å²) in [5.41, 5.74) is 2.37. The van der Waals surface area contributed by atoms with Gasteiger partial charge in [-0.2, -0.15) is 11.3 Å². The number of anilines is 1. The zero-order chi connectivity index (χ0) is 19.4. The third kappa shape index (κ3) is 5.07. The molecule has 0 aliphatic heterocycles. The molecule has 1 amide bonds. The summed E-state index contributed by atoms with van der Waals surface area (Å²) in [6, 6.07) is 7.24. The van der Waals surface area contributed by atoms with Crippen molar-refractivity contribution in [2.45, 2.75) is 6.92 Å². The number of likely N-dealkylation sites (N-methyl/N-ethyl adjacent to an activating group) is 1. The summed E-state index contributed by atoms with van der Waals surface area (Å²) in [7, 11) is 3.96. The molecular formula is C19H20ClN3O2S2. The van der Waals surface area contributed by atoms with E-state index in [4.69, 9.17) is 16.3 Å². The lowest BCUT2D eigenvalue weighted by Crippen LogP contribution is -2.19. The number of rotatable bonds is 7. The summed E-state index contributed by atoms with van der Waals surface area (Å²) in [6.45, 7) is 3.19. The van der Waals surface area contributed by atoms with Crippen LogP contribution >= 0.6 is 34.3 Å². The van der Waals surface area contributed by atoms with Crippen LogP contribution < -0.4 is 10.1 Å². The summed E-state index contributed by atoms with van der Waals surface area (Å²) in [5.74, 6) is 0.411. The third-order valence-corrected chi connectivity index (χ3v) is 5.94. The molecule has 8 heteroatoms. The Balaban J connectivity index is 1.68. The molecule has 27 heavy (non-hydrogen) atoms. The standard InChI is InChI=1S/C19H20ClN3O2S2/c1-12-17(27-19(21-12)13-6-9-26-11-13)18(24)22-14-4-5-16(15(20)10-14)25-8-7-23(2)3/h4-6,9-11H,7-8H2,1-3H3,(H,22,24). The molecular weight excluding hydrogens is 402 g/mol. The Morgan fingerprint density at radius 3 is 2.81 bits per heavy atom. The Labute approximate surface area is 171 Å². The monoisotopic (exact) mass is 421 g/mol. The predicted octanol–water partition coefficient (Wildman–Crippen LogP) is 5.03. The normalized spacial score (nSPS) is 11.0. The molecule has 3 aromatic rings. The lowest BCUT2D eigenvalue weighted by molar-refractivity contribution is 0.103. The number of aryl methyl sites for hydroxylation is 1. The first-order valence-electron chi connectivity index (χ1n) is 8.32. The number of carbonyl (C=O) groups is 1. The van der Waals surface area contributed by atoms with Crippen LogP contribution in [-0.4, -0.2) is 43.0 Å². The summed E-state index contributed by atoms with van der Waals surface area (Å²) >= 11 is 9.27. The largest absolute Gasteiger partial charge is 0.491 e. The molecule has 0 spiro atoms. The minimum atomic E-state index is -0.191. The zero-order valence-corrected chi connectivity index (χ0v) is 17.7. The second-order valence-corrected chi connectivity index (χ2v) is 8.38. The number of ether oxygens (including phenoxy) is 1. The first-order valence-corrected chi connectivity index (χ1v) is 10.5. The highest BCUT2D eigenvalue weighted by molar-refractivity contribution is 7.17. The molecule has 0 bridgehead atoms. The van der Waals surface area contributed by atoms with Crippen LogP contribution in [0.5, 0.6) is 5.75 Å². The number of hydrogen-bond donors (Lipinski definition) is 1. The number of thiazole rings is 1. The van der Waals surface area contributed by atoms with Crippen LogP contribution in [0.1, 0.15) is 15.4 Å². The van der Waals surface area contributed by atoms with Gasteiger partial charge in [-0.1, -0.05) is 11.6 Å². The Kier molecular flexibility index (Phi) is 6.49. The first kappa shape index (κ1) is 19.8. The Morgan fingerprint density at radius 1 is 1.33 bits per heavy atom. The van der Waals surface area contributed by atoms with Gasteiger partial charge >= 0.3 is 0 Å². The van der Waals surface area contributed by atoms with E-state index in [2.05, 4.69) is 10.3 Å². The van der Waals surface area contributed by atoms with Crippen LogP contribution in [0.15, 0.2) is 35.0 Å². The Morgan fingerprint density at radius 2 is 2.15 bits per heavy atom. The Bertz CT molecular complexity index is 923. The highest BCUT2D eigenvalue weighted by Crippen LogP contribution is 2.31. The number of carbonyl (C=O) groups excluding carboxylic acids is 1. The van der Waals surface area contributed by atoms with Gasteiger partial charge in [0.15, 0.2) is 0 Å². The van der Waals surface area contributed by atoms with Crippen LogP contribution in [0.2, 0.25) is 5.02 Å². The number of nitrogens with one attached hydrogen (secondary N) is 1. The summed E-state index contributed by atoms with van der Waals surface area (Å²) in [4.78, 5) is 19.8. The molecule has 5 nitrogen and oxygen atoms in total. The minimum absolute atomic E-state index is 0.191. The molecule has 2 aromatic heterocycles. The van der Waals surface area contributed by atoms with Crippen molar-refractivity contribution in [3.8, 4) is 16.3 Å². The van der Waals surface area contributed by atoms with Crippen molar-refractivity contribution >= 4 is 45.9 Å². The molecule has 142 valence electrons. The fourth-order valence-corrected chi connectivity index (χ4v) is 4.25. The van der Waals surface area contributed by atoms with Gasteiger partial charge in [0.25, 0.3) is 5.91 Å². The molecule has 0 radical (unpaired) electrons. The number of hydrogen-bond acceptors (Lipinski definition) is 6. The van der Waals surface area contributed by atoms with E-state index in [1.54, 1.807) is 29.5 Å². The average molecular weight is 422 g/mol. The maximum Gasteiger partial charge on any atom is 0.267 e. The van der Waals surface area contributed by atoms with Gasteiger partial charge in [-0.15, -0.1) is 11.3 Å². The van der Waals surface area contributed by atoms with Crippen molar-refractivity contribution in [2.24, 2.45) is 0 Å². The second kappa shape index (κ2) is 8.84. The number of amides is 1. The molecule has 1 aromatic carbocycles. The van der Waals surface area contributed by atoms with Crippen molar-refractivity contribution in [1.29, 1.82) is 0 Å². The van der Waals surface area contributed by atoms with Gasteiger partial charge in [0.1, 0.15) is 22.2 Å². The smallest absolute Gasteiger partial charge is 0.267 e. The lowest BCUT2D eigenvalue weighted by Gasteiger charge is -2.13. The molecule has 0 fully saturated rings. The van der Waals surface area contributed by atoms with Gasteiger partial charge in [0, 0.05) is 23.2 Å². The zero-order valence-electron chi connectivity index (χ0n) is 15.3. The number of nitrogens with zero attached hydrogens (tertiary/aromatic N) is 2. The predicted molar refractivity (Wildman–Crippen MR) is 114 cm³/mol. The molecule has 0 aliphatic carbocycles. The van der Waals surface area contributed by atoms with Gasteiger partial charge in [-0.05, 0) is 50.7 Å². The van der Waals surface area contributed by atoms with Crippen LogP contribution in [-0.2, 0) is 0 Å². The highest BCUT2D eigenvalue weighted by Gasteiger charge is 2.17. The number of thiophene rings is 1. The van der Waals surface area contributed by atoms with Crippen LogP contribution in [0.4, 0.5) is 5.69 Å². The van der Waals surface area contributed by atoms with Crippen LogP contribution in [0.3, 0.4) is 0 Å². The van der Waals surface area contributed by atoms with Gasteiger partial charge in [0.2, 0.25) is 0 Å². The van der Waals surface area contributed by atoms with E-state index in [-0.39, 0.29) is 5.91 Å². The van der Waals surface area contributed by atoms with E-state index < -0.39 is 0 Å². The Hall–Kier alpha value is -1.93. The summed E-state index contributed by atoms with van der Waals surface area (Å²) in [6.07, 6.45) is 0. The number of halogens is 1. The van der Waals surface area contributed by atoms with Crippen molar-refractivity contribution in [3.05, 3.63) is 50.6 Å². The molecule has 0 saturated heterocycles. The van der Waals surface area contributed by atoms with E-state index >= 15 is 0 Å². The minimum Gasteiger partial charge on any atom is -0.491 e. The molecule has 1 N–H and O–H groups in total. The number of benzene rings is 1. The van der Waals surface area contributed by atoms with E-state index in [1.165, 1.54) is 11.3 Å². The van der Waals surface area contributed by atoms with Gasteiger partial charge in [-0.3, -0.25) is 4.79 Å². The first-order chi connectivity index (χ1) is 12.9.